The van der Waals surface area contributed by atoms with Gasteiger partial charge in [-0.3, -0.25) is 4.79 Å². The van der Waals surface area contributed by atoms with Crippen molar-refractivity contribution in [2.45, 2.75) is 70.4 Å². The minimum absolute atomic E-state index is 0.0723. The molecule has 3 unspecified atom stereocenters. The van der Waals surface area contributed by atoms with Crippen LogP contribution in [0.1, 0.15) is 58.3 Å². The Morgan fingerprint density at radius 2 is 1.90 bits per heavy atom. The standard InChI is InChI=1S/C16H30N2O2/c1-12-11-13(17)7-8-15(12)16(20)18(9-10-19)14-5-3-2-4-6-14/h12-15,19H,2-11,17H2,1H3. The van der Waals surface area contributed by atoms with E-state index in [0.717, 1.165) is 32.1 Å². The van der Waals surface area contributed by atoms with Crippen molar-refractivity contribution in [3.8, 4) is 0 Å². The van der Waals surface area contributed by atoms with E-state index in [4.69, 9.17) is 5.73 Å². The number of carbonyl (C=O) groups is 1. The summed E-state index contributed by atoms with van der Waals surface area (Å²) in [7, 11) is 0. The third-order valence-corrected chi connectivity index (χ3v) is 5.17. The van der Waals surface area contributed by atoms with Gasteiger partial charge < -0.3 is 15.7 Å². The maximum Gasteiger partial charge on any atom is 0.226 e. The van der Waals surface area contributed by atoms with Gasteiger partial charge >= 0.3 is 0 Å². The highest BCUT2D eigenvalue weighted by Gasteiger charge is 2.36. The maximum absolute atomic E-state index is 12.9. The predicted molar refractivity (Wildman–Crippen MR) is 80.2 cm³/mol. The Balaban J connectivity index is 2.01. The smallest absolute Gasteiger partial charge is 0.226 e. The van der Waals surface area contributed by atoms with Crippen LogP contribution in [0.25, 0.3) is 0 Å². The first kappa shape index (κ1) is 15.8. The van der Waals surface area contributed by atoms with E-state index >= 15 is 0 Å². The van der Waals surface area contributed by atoms with E-state index in [1.807, 2.05) is 4.90 Å². The first-order valence-corrected chi connectivity index (χ1v) is 8.30. The Hall–Kier alpha value is -0.610. The van der Waals surface area contributed by atoms with Crippen molar-refractivity contribution >= 4 is 5.91 Å². The summed E-state index contributed by atoms with van der Waals surface area (Å²) in [6, 6.07) is 0.612. The van der Waals surface area contributed by atoms with Crippen molar-refractivity contribution in [3.63, 3.8) is 0 Å². The highest BCUT2D eigenvalue weighted by atomic mass is 16.3. The Kier molecular flexibility index (Phi) is 5.85. The van der Waals surface area contributed by atoms with Gasteiger partial charge in [0.05, 0.1) is 6.61 Å². The lowest BCUT2D eigenvalue weighted by molar-refractivity contribution is -0.142. The monoisotopic (exact) mass is 282 g/mol. The van der Waals surface area contributed by atoms with Gasteiger partial charge in [0.1, 0.15) is 0 Å². The first-order valence-electron chi connectivity index (χ1n) is 8.30. The molecule has 0 heterocycles. The van der Waals surface area contributed by atoms with Crippen LogP contribution in [0.3, 0.4) is 0 Å². The molecule has 3 N–H and O–H groups in total. The summed E-state index contributed by atoms with van der Waals surface area (Å²) in [4.78, 5) is 14.9. The van der Waals surface area contributed by atoms with Gasteiger partial charge in [-0.25, -0.2) is 0 Å². The topological polar surface area (TPSA) is 66.6 Å². The van der Waals surface area contributed by atoms with Crippen LogP contribution in [0.2, 0.25) is 0 Å². The molecular formula is C16H30N2O2. The highest BCUT2D eigenvalue weighted by Crippen LogP contribution is 2.32. The molecule has 0 saturated heterocycles. The molecule has 0 radical (unpaired) electrons. The molecular weight excluding hydrogens is 252 g/mol. The number of amides is 1. The summed E-state index contributed by atoms with van der Waals surface area (Å²) in [5.74, 6) is 0.754. The van der Waals surface area contributed by atoms with Gasteiger partial charge in [-0.1, -0.05) is 26.2 Å². The molecule has 0 aromatic heterocycles. The zero-order valence-corrected chi connectivity index (χ0v) is 12.8. The number of aliphatic hydroxyl groups excluding tert-OH is 1. The summed E-state index contributed by atoms with van der Waals surface area (Å²) in [5.41, 5.74) is 6.00. The average molecular weight is 282 g/mol. The second-order valence-corrected chi connectivity index (χ2v) is 6.70. The van der Waals surface area contributed by atoms with E-state index in [1.165, 1.54) is 19.3 Å². The van der Waals surface area contributed by atoms with Crippen molar-refractivity contribution in [1.29, 1.82) is 0 Å². The largest absolute Gasteiger partial charge is 0.395 e. The van der Waals surface area contributed by atoms with Gasteiger partial charge in [0.15, 0.2) is 0 Å². The van der Waals surface area contributed by atoms with E-state index in [-0.39, 0.29) is 24.5 Å². The second kappa shape index (κ2) is 7.41. The number of hydrogen-bond acceptors (Lipinski definition) is 3. The van der Waals surface area contributed by atoms with E-state index in [2.05, 4.69) is 6.92 Å². The van der Waals surface area contributed by atoms with Crippen molar-refractivity contribution in [1.82, 2.24) is 4.90 Å². The van der Waals surface area contributed by atoms with Gasteiger partial charge in [0, 0.05) is 24.5 Å². The molecule has 2 fully saturated rings. The molecule has 4 heteroatoms. The Labute approximate surface area is 122 Å². The van der Waals surface area contributed by atoms with Gasteiger partial charge in [0.2, 0.25) is 5.91 Å². The lowest BCUT2D eigenvalue weighted by atomic mass is 9.77. The van der Waals surface area contributed by atoms with Crippen LogP contribution in [0.4, 0.5) is 0 Å². The molecule has 116 valence electrons. The molecule has 0 aromatic rings. The Bertz CT molecular complexity index is 316. The van der Waals surface area contributed by atoms with Gasteiger partial charge in [-0.05, 0) is 38.0 Å². The zero-order chi connectivity index (χ0) is 14.5. The minimum atomic E-state index is 0.0723. The fraction of sp³-hybridized carbons (Fsp3) is 0.938. The Morgan fingerprint density at radius 1 is 1.20 bits per heavy atom. The molecule has 0 bridgehead atoms. The summed E-state index contributed by atoms with van der Waals surface area (Å²) < 4.78 is 0. The molecule has 2 aliphatic carbocycles. The molecule has 2 saturated carbocycles. The van der Waals surface area contributed by atoms with Crippen LogP contribution in [0, 0.1) is 11.8 Å². The SMILES string of the molecule is CC1CC(N)CCC1C(=O)N(CCO)C1CCCCC1. The van der Waals surface area contributed by atoms with E-state index in [1.54, 1.807) is 0 Å². The number of hydrogen-bond donors (Lipinski definition) is 2. The quantitative estimate of drug-likeness (QED) is 0.827. The normalized spacial score (nSPS) is 32.0. The van der Waals surface area contributed by atoms with Crippen LogP contribution in [-0.2, 0) is 4.79 Å². The highest BCUT2D eigenvalue weighted by molar-refractivity contribution is 5.79. The van der Waals surface area contributed by atoms with Crippen LogP contribution in [-0.4, -0.2) is 41.1 Å². The lowest BCUT2D eigenvalue weighted by Gasteiger charge is -2.39. The molecule has 4 nitrogen and oxygen atoms in total. The average Bonchev–Trinajstić information content (AvgIpc) is 2.45. The molecule has 0 aromatic carbocycles. The van der Waals surface area contributed by atoms with E-state index < -0.39 is 0 Å². The van der Waals surface area contributed by atoms with Crippen molar-refractivity contribution < 1.29 is 9.90 Å². The van der Waals surface area contributed by atoms with Crippen LogP contribution in [0.5, 0.6) is 0 Å². The van der Waals surface area contributed by atoms with Crippen LogP contribution >= 0.6 is 0 Å². The number of carbonyl (C=O) groups excluding carboxylic acids is 1. The fourth-order valence-corrected chi connectivity index (χ4v) is 3.99. The van der Waals surface area contributed by atoms with Crippen molar-refractivity contribution in [3.05, 3.63) is 0 Å². The fourth-order valence-electron chi connectivity index (χ4n) is 3.99. The van der Waals surface area contributed by atoms with E-state index in [0.29, 0.717) is 18.5 Å². The Morgan fingerprint density at radius 3 is 2.50 bits per heavy atom. The lowest BCUT2D eigenvalue weighted by Crippen LogP contribution is -2.49. The number of nitrogens with two attached hydrogens (primary N) is 1. The van der Waals surface area contributed by atoms with Gasteiger partial charge in [-0.2, -0.15) is 0 Å². The van der Waals surface area contributed by atoms with Gasteiger partial charge in [-0.15, -0.1) is 0 Å². The molecule has 1 amide bonds. The number of rotatable bonds is 4. The predicted octanol–water partition coefficient (Wildman–Crippen LogP) is 1.90. The summed E-state index contributed by atoms with van der Waals surface area (Å²) >= 11 is 0. The summed E-state index contributed by atoms with van der Waals surface area (Å²) in [6.07, 6.45) is 8.74. The van der Waals surface area contributed by atoms with Crippen LogP contribution in [0.15, 0.2) is 0 Å². The molecule has 2 aliphatic rings. The maximum atomic E-state index is 12.9. The zero-order valence-electron chi connectivity index (χ0n) is 12.8. The van der Waals surface area contributed by atoms with Crippen molar-refractivity contribution in [2.24, 2.45) is 17.6 Å². The van der Waals surface area contributed by atoms with Crippen LogP contribution < -0.4 is 5.73 Å². The minimum Gasteiger partial charge on any atom is -0.395 e. The molecule has 20 heavy (non-hydrogen) atoms. The third kappa shape index (κ3) is 3.73. The van der Waals surface area contributed by atoms with Crippen molar-refractivity contribution in [2.75, 3.05) is 13.2 Å². The van der Waals surface area contributed by atoms with Gasteiger partial charge in [0.25, 0.3) is 0 Å². The third-order valence-electron chi connectivity index (χ3n) is 5.17. The second-order valence-electron chi connectivity index (χ2n) is 6.70. The molecule has 2 rings (SSSR count). The molecule has 0 spiro atoms. The first-order chi connectivity index (χ1) is 9.63. The molecule has 3 atom stereocenters. The summed E-state index contributed by atoms with van der Waals surface area (Å²) in [6.45, 7) is 2.72. The molecule has 0 aliphatic heterocycles. The summed E-state index contributed by atoms with van der Waals surface area (Å²) in [5, 5.41) is 9.31. The van der Waals surface area contributed by atoms with E-state index in [9.17, 15) is 9.90 Å². The number of aliphatic hydroxyl groups is 1. The number of nitrogens with zero attached hydrogens (tertiary/aromatic N) is 1.